The predicted octanol–water partition coefficient (Wildman–Crippen LogP) is 2.35. The van der Waals surface area contributed by atoms with Gasteiger partial charge in [-0.15, -0.1) is 0 Å². The van der Waals surface area contributed by atoms with E-state index in [2.05, 4.69) is 0 Å². The standard InChI is InChI=1S/C8H11ClO/c1-8(2)6(3-4-9)5-7(8)10/h3-4,6H,5H2,1-2H3. The summed E-state index contributed by atoms with van der Waals surface area (Å²) in [6.45, 7) is 3.92. The molecule has 1 unspecified atom stereocenters. The molecule has 56 valence electrons. The molecule has 2 heteroatoms. The number of carbonyl (C=O) groups excluding carboxylic acids is 1. The number of rotatable bonds is 1. The smallest absolute Gasteiger partial charge is 0.139 e. The summed E-state index contributed by atoms with van der Waals surface area (Å²) < 4.78 is 0. The van der Waals surface area contributed by atoms with Gasteiger partial charge in [0, 0.05) is 17.4 Å². The summed E-state index contributed by atoms with van der Waals surface area (Å²) in [5.74, 6) is 0.699. The second-order valence-electron chi connectivity index (χ2n) is 3.27. The zero-order valence-corrected chi connectivity index (χ0v) is 6.98. The molecule has 0 radical (unpaired) electrons. The molecule has 0 bridgehead atoms. The summed E-state index contributed by atoms with van der Waals surface area (Å²) in [5, 5.41) is 0. The lowest BCUT2D eigenvalue weighted by molar-refractivity contribution is -0.139. The molecule has 0 heterocycles. The minimum absolute atomic E-state index is 0.161. The molecular weight excluding hydrogens is 148 g/mol. The van der Waals surface area contributed by atoms with Gasteiger partial charge in [-0.25, -0.2) is 0 Å². The Morgan fingerprint density at radius 1 is 1.70 bits per heavy atom. The highest BCUT2D eigenvalue weighted by Gasteiger charge is 2.45. The molecule has 0 aromatic heterocycles. The van der Waals surface area contributed by atoms with Gasteiger partial charge in [0.2, 0.25) is 0 Å². The van der Waals surface area contributed by atoms with Crippen LogP contribution in [0.4, 0.5) is 0 Å². The maximum Gasteiger partial charge on any atom is 0.139 e. The maximum atomic E-state index is 11.0. The lowest BCUT2D eigenvalue weighted by Crippen LogP contribution is -2.44. The van der Waals surface area contributed by atoms with Gasteiger partial charge in [-0.05, 0) is 5.92 Å². The van der Waals surface area contributed by atoms with E-state index in [9.17, 15) is 4.79 Å². The average Bonchev–Trinajstić information content (AvgIpc) is 1.88. The van der Waals surface area contributed by atoms with Crippen molar-refractivity contribution in [3.05, 3.63) is 11.6 Å². The van der Waals surface area contributed by atoms with E-state index in [1.54, 1.807) is 0 Å². The van der Waals surface area contributed by atoms with Gasteiger partial charge in [0.1, 0.15) is 5.78 Å². The zero-order chi connectivity index (χ0) is 7.78. The Labute approximate surface area is 66.1 Å². The van der Waals surface area contributed by atoms with Gasteiger partial charge in [-0.1, -0.05) is 31.5 Å². The van der Waals surface area contributed by atoms with Crippen molar-refractivity contribution in [2.45, 2.75) is 20.3 Å². The van der Waals surface area contributed by atoms with Crippen LogP contribution in [0.3, 0.4) is 0 Å². The second-order valence-corrected chi connectivity index (χ2v) is 3.53. The first-order valence-corrected chi connectivity index (χ1v) is 3.83. The van der Waals surface area contributed by atoms with Crippen LogP contribution in [-0.2, 0) is 4.79 Å². The third kappa shape index (κ3) is 0.988. The van der Waals surface area contributed by atoms with E-state index in [-0.39, 0.29) is 5.41 Å². The molecule has 1 aliphatic rings. The van der Waals surface area contributed by atoms with Crippen LogP contribution in [0, 0.1) is 11.3 Å². The van der Waals surface area contributed by atoms with E-state index in [1.807, 2.05) is 19.9 Å². The molecule has 1 fully saturated rings. The minimum Gasteiger partial charge on any atom is -0.299 e. The van der Waals surface area contributed by atoms with Crippen molar-refractivity contribution in [2.24, 2.45) is 11.3 Å². The van der Waals surface area contributed by atoms with Crippen molar-refractivity contribution in [2.75, 3.05) is 0 Å². The number of Topliss-reactive ketones (excluding diaryl/α,β-unsaturated/α-hetero) is 1. The second kappa shape index (κ2) is 2.39. The molecule has 0 saturated heterocycles. The number of hydrogen-bond acceptors (Lipinski definition) is 1. The first-order chi connectivity index (χ1) is 4.59. The Kier molecular flexibility index (Phi) is 1.86. The van der Waals surface area contributed by atoms with Gasteiger partial charge in [0.25, 0.3) is 0 Å². The molecule has 0 amide bonds. The van der Waals surface area contributed by atoms with Crippen LogP contribution in [0.1, 0.15) is 20.3 Å². The molecule has 1 atom stereocenters. The number of halogens is 1. The summed E-state index contributed by atoms with van der Waals surface area (Å²) in [7, 11) is 0. The predicted molar refractivity (Wildman–Crippen MR) is 41.9 cm³/mol. The fraction of sp³-hybridized carbons (Fsp3) is 0.625. The fourth-order valence-electron chi connectivity index (χ4n) is 1.19. The van der Waals surface area contributed by atoms with E-state index >= 15 is 0 Å². The quantitative estimate of drug-likeness (QED) is 0.573. The van der Waals surface area contributed by atoms with Gasteiger partial charge < -0.3 is 0 Å². The maximum absolute atomic E-state index is 11.0. The zero-order valence-electron chi connectivity index (χ0n) is 6.23. The average molecular weight is 159 g/mol. The molecule has 1 nitrogen and oxygen atoms in total. The van der Waals surface area contributed by atoms with Crippen molar-refractivity contribution in [1.29, 1.82) is 0 Å². The summed E-state index contributed by atoms with van der Waals surface area (Å²) in [4.78, 5) is 11.0. The lowest BCUT2D eigenvalue weighted by Gasteiger charge is -2.40. The molecule has 0 aromatic carbocycles. The highest BCUT2D eigenvalue weighted by molar-refractivity contribution is 6.25. The van der Waals surface area contributed by atoms with E-state index in [4.69, 9.17) is 11.6 Å². The van der Waals surface area contributed by atoms with Crippen LogP contribution in [-0.4, -0.2) is 5.78 Å². The summed E-state index contributed by atoms with van der Waals surface area (Å²) in [6, 6.07) is 0. The molecule has 1 saturated carbocycles. The van der Waals surface area contributed by atoms with Gasteiger partial charge in [0.05, 0.1) is 0 Å². The van der Waals surface area contributed by atoms with Crippen molar-refractivity contribution in [1.82, 2.24) is 0 Å². The van der Waals surface area contributed by atoms with Crippen molar-refractivity contribution in [3.63, 3.8) is 0 Å². The summed E-state index contributed by atoms with van der Waals surface area (Å²) in [5.41, 5.74) is 1.34. The Morgan fingerprint density at radius 3 is 2.60 bits per heavy atom. The van der Waals surface area contributed by atoms with Crippen molar-refractivity contribution >= 4 is 17.4 Å². The Hall–Kier alpha value is -0.300. The first-order valence-electron chi connectivity index (χ1n) is 3.39. The molecule has 1 aliphatic carbocycles. The third-order valence-corrected chi connectivity index (χ3v) is 2.50. The first kappa shape index (κ1) is 7.80. The van der Waals surface area contributed by atoms with Gasteiger partial charge in [-0.3, -0.25) is 4.79 Å². The van der Waals surface area contributed by atoms with E-state index < -0.39 is 0 Å². The van der Waals surface area contributed by atoms with Crippen LogP contribution in [0.25, 0.3) is 0 Å². The van der Waals surface area contributed by atoms with Crippen LogP contribution < -0.4 is 0 Å². The summed E-state index contributed by atoms with van der Waals surface area (Å²) >= 11 is 5.39. The lowest BCUT2D eigenvalue weighted by atomic mass is 9.61. The van der Waals surface area contributed by atoms with Crippen LogP contribution in [0.5, 0.6) is 0 Å². The molecule has 0 spiro atoms. The fourth-order valence-corrected chi connectivity index (χ4v) is 1.37. The van der Waals surface area contributed by atoms with Crippen LogP contribution >= 0.6 is 11.6 Å². The minimum atomic E-state index is -0.161. The number of carbonyl (C=O) groups is 1. The Balaban J connectivity index is 2.63. The number of ketones is 1. The van der Waals surface area contributed by atoms with E-state index in [0.717, 1.165) is 0 Å². The van der Waals surface area contributed by atoms with Gasteiger partial charge in [-0.2, -0.15) is 0 Å². The molecule has 0 aliphatic heterocycles. The molecular formula is C8H11ClO. The Bertz CT molecular complexity index is 182. The van der Waals surface area contributed by atoms with Crippen molar-refractivity contribution < 1.29 is 4.79 Å². The third-order valence-electron chi connectivity index (χ3n) is 2.36. The van der Waals surface area contributed by atoms with Gasteiger partial charge in [0.15, 0.2) is 0 Å². The van der Waals surface area contributed by atoms with Crippen molar-refractivity contribution in [3.8, 4) is 0 Å². The van der Waals surface area contributed by atoms with E-state index in [1.165, 1.54) is 5.54 Å². The van der Waals surface area contributed by atoms with Gasteiger partial charge >= 0.3 is 0 Å². The molecule has 0 N–H and O–H groups in total. The molecule has 0 aromatic rings. The molecule has 10 heavy (non-hydrogen) atoms. The SMILES string of the molecule is CC1(C)C(=O)CC1C=CCl. The monoisotopic (exact) mass is 158 g/mol. The Morgan fingerprint density at radius 2 is 2.30 bits per heavy atom. The highest BCUT2D eigenvalue weighted by atomic mass is 35.5. The molecule has 1 rings (SSSR count). The normalized spacial score (nSPS) is 30.7. The van der Waals surface area contributed by atoms with Crippen LogP contribution in [0.2, 0.25) is 0 Å². The highest BCUT2D eigenvalue weighted by Crippen LogP contribution is 2.43. The number of hydrogen-bond donors (Lipinski definition) is 0. The largest absolute Gasteiger partial charge is 0.299 e. The van der Waals surface area contributed by atoms with E-state index in [0.29, 0.717) is 18.1 Å². The summed E-state index contributed by atoms with van der Waals surface area (Å²) in [6.07, 6.45) is 2.55. The van der Waals surface area contributed by atoms with Crippen LogP contribution in [0.15, 0.2) is 11.6 Å². The topological polar surface area (TPSA) is 17.1 Å². The number of allylic oxidation sites excluding steroid dienone is 1.